The summed E-state index contributed by atoms with van der Waals surface area (Å²) in [6.45, 7) is 9.73. The highest BCUT2D eigenvalue weighted by Gasteiger charge is 2.50. The first-order chi connectivity index (χ1) is 34.6. The van der Waals surface area contributed by atoms with Crippen LogP contribution in [-0.2, 0) is 14.8 Å². The minimum atomic E-state index is -4.71. The van der Waals surface area contributed by atoms with E-state index in [4.69, 9.17) is 18.9 Å². The number of aliphatic hydroxyl groups is 1. The van der Waals surface area contributed by atoms with Crippen LogP contribution in [0.25, 0.3) is 11.0 Å². The van der Waals surface area contributed by atoms with E-state index in [2.05, 4.69) is 67.9 Å². The lowest BCUT2D eigenvalue weighted by Gasteiger charge is -2.56. The largest absolute Gasteiger partial charge is 0.489 e. The average Bonchev–Trinajstić information content (AvgIpc) is 4.03. The van der Waals surface area contributed by atoms with Crippen LogP contribution in [0.1, 0.15) is 125 Å². The number of hydrogen-bond acceptors (Lipinski definition) is 14. The van der Waals surface area contributed by atoms with E-state index in [0.29, 0.717) is 48.8 Å². The number of H-pyrrole nitrogens is 1. The number of benzene rings is 3. The second kappa shape index (κ2) is 20.2. The number of ether oxygens (including phenoxy) is 4. The van der Waals surface area contributed by atoms with Gasteiger partial charge < -0.3 is 39.3 Å². The molecule has 2 saturated carbocycles. The lowest BCUT2D eigenvalue weighted by atomic mass is 9.59. The summed E-state index contributed by atoms with van der Waals surface area (Å²) in [7, 11) is -3.16. The number of carbonyl (C=O) groups excluding carboxylic acids is 1. The fourth-order valence-electron chi connectivity index (χ4n) is 12.0. The fourth-order valence-corrected chi connectivity index (χ4v) is 13.0. The van der Waals surface area contributed by atoms with Crippen molar-refractivity contribution in [2.24, 2.45) is 11.3 Å². The van der Waals surface area contributed by atoms with E-state index in [-0.39, 0.29) is 65.7 Å². The van der Waals surface area contributed by atoms with Crippen molar-refractivity contribution < 1.29 is 42.2 Å². The van der Waals surface area contributed by atoms with Crippen LogP contribution in [0, 0.1) is 21.4 Å². The Kier molecular flexibility index (Phi) is 13.9. The first-order valence-corrected chi connectivity index (χ1v) is 27.1. The van der Waals surface area contributed by atoms with Crippen LogP contribution < -0.4 is 29.1 Å². The van der Waals surface area contributed by atoms with Crippen LogP contribution >= 0.6 is 0 Å². The molecule has 2 atom stereocenters. The van der Waals surface area contributed by atoms with E-state index in [0.717, 1.165) is 62.5 Å². The van der Waals surface area contributed by atoms with E-state index in [1.54, 1.807) is 37.6 Å². The van der Waals surface area contributed by atoms with Crippen LogP contribution in [0.4, 0.5) is 17.1 Å². The first kappa shape index (κ1) is 49.6. The van der Waals surface area contributed by atoms with Crippen molar-refractivity contribution in [2.45, 2.75) is 126 Å². The second-order valence-corrected chi connectivity index (χ2v) is 23.1. The summed E-state index contributed by atoms with van der Waals surface area (Å²) in [5.41, 5.74) is 3.36. The van der Waals surface area contributed by atoms with Gasteiger partial charge in [0, 0.05) is 67.8 Å². The zero-order valence-corrected chi connectivity index (χ0v) is 42.5. The molecule has 72 heavy (non-hydrogen) atoms. The number of hydrogen-bond donors (Lipinski definition) is 4. The van der Waals surface area contributed by atoms with Gasteiger partial charge in [0.15, 0.2) is 17.2 Å². The summed E-state index contributed by atoms with van der Waals surface area (Å²) < 4.78 is 54.2. The minimum Gasteiger partial charge on any atom is -0.489 e. The number of fused-ring (bicyclic) bond motifs is 2. The van der Waals surface area contributed by atoms with Crippen molar-refractivity contribution in [3.05, 3.63) is 99.7 Å². The van der Waals surface area contributed by atoms with Gasteiger partial charge in [-0.05, 0) is 137 Å². The smallest absolute Gasteiger partial charge is 0.297 e. The average molecular weight is 1010 g/mol. The minimum absolute atomic E-state index is 0.00439. The second-order valence-electron chi connectivity index (χ2n) is 21.4. The zero-order valence-electron chi connectivity index (χ0n) is 41.7. The maximum absolute atomic E-state index is 14.4. The van der Waals surface area contributed by atoms with E-state index in [1.807, 2.05) is 13.0 Å². The molecule has 384 valence electrons. The number of nitro groups is 1. The maximum atomic E-state index is 14.4. The van der Waals surface area contributed by atoms with Crippen molar-refractivity contribution in [1.82, 2.24) is 19.6 Å². The molecule has 18 heteroatoms. The molecular weight excluding hydrogens is 939 g/mol. The summed E-state index contributed by atoms with van der Waals surface area (Å²) in [5.74, 6) is 0.173. The van der Waals surface area contributed by atoms with Gasteiger partial charge in [-0.25, -0.2) is 13.1 Å². The molecule has 3 aromatic carbocycles. The number of amides is 1. The summed E-state index contributed by atoms with van der Waals surface area (Å²) in [4.78, 5) is 38.5. The molecule has 4 N–H and O–H groups in total. The molecule has 0 radical (unpaired) electrons. The van der Waals surface area contributed by atoms with Gasteiger partial charge in [0.2, 0.25) is 0 Å². The van der Waals surface area contributed by atoms with E-state index in [9.17, 15) is 28.4 Å². The summed E-state index contributed by atoms with van der Waals surface area (Å²) in [6, 6.07) is 20.5. The number of carbonyl (C=O) groups is 1. The number of nitro benzene ring substituents is 1. The third-order valence-corrected chi connectivity index (χ3v) is 17.4. The van der Waals surface area contributed by atoms with Crippen LogP contribution in [0.5, 0.6) is 23.1 Å². The van der Waals surface area contributed by atoms with Crippen molar-refractivity contribution in [3.63, 3.8) is 0 Å². The Balaban J connectivity index is 0.880. The molecule has 5 heterocycles. The van der Waals surface area contributed by atoms with Crippen molar-refractivity contribution in [3.8, 4) is 23.1 Å². The van der Waals surface area contributed by atoms with Gasteiger partial charge in [-0.1, -0.05) is 38.1 Å². The van der Waals surface area contributed by atoms with Gasteiger partial charge in [-0.3, -0.25) is 19.8 Å². The number of nitrogens with zero attached hydrogens (tertiary/aromatic N) is 4. The Hall–Kier alpha value is -5.95. The number of piperidine rings is 1. The first-order valence-electron chi connectivity index (χ1n) is 25.6. The molecule has 2 aromatic heterocycles. The number of nitrogens with one attached hydrogen (secondary N) is 3. The van der Waals surface area contributed by atoms with Gasteiger partial charge in [-0.2, -0.15) is 4.98 Å². The number of pyridine rings is 1. The maximum Gasteiger partial charge on any atom is 0.297 e. The van der Waals surface area contributed by atoms with Crippen LogP contribution in [-0.4, -0.2) is 103 Å². The lowest BCUT2D eigenvalue weighted by Crippen LogP contribution is -2.54. The summed E-state index contributed by atoms with van der Waals surface area (Å²) >= 11 is 0. The summed E-state index contributed by atoms with van der Waals surface area (Å²) in [6.07, 6.45) is 12.2. The molecule has 10 rings (SSSR count). The van der Waals surface area contributed by atoms with E-state index >= 15 is 0 Å². The third-order valence-electron chi connectivity index (χ3n) is 16.1. The molecule has 17 nitrogen and oxygen atoms in total. The number of likely N-dealkylation sites (tertiary alicyclic amines) is 1. The van der Waals surface area contributed by atoms with Gasteiger partial charge >= 0.3 is 0 Å². The normalized spacial score (nSPS) is 23.3. The predicted molar refractivity (Wildman–Crippen MR) is 274 cm³/mol. The molecular formula is C54H67N7O10S. The molecule has 4 fully saturated rings. The number of sulfonamides is 1. The highest BCUT2D eigenvalue weighted by molar-refractivity contribution is 7.90. The van der Waals surface area contributed by atoms with Crippen molar-refractivity contribution in [1.29, 1.82) is 0 Å². The topological polar surface area (TPSA) is 211 Å². The van der Waals surface area contributed by atoms with Gasteiger partial charge in [0.1, 0.15) is 24.6 Å². The number of aromatic nitrogens is 2. The molecule has 0 unspecified atom stereocenters. The molecule has 3 aliphatic heterocycles. The monoisotopic (exact) mass is 1010 g/mol. The standard InChI is InChI=1S/C54H67N7O10S/c1-34(2)41-8-5-6-9-42(41)44-10-7-21-60(44)39-31-54(32-39)18-22-59(23-19-54)38-11-12-43(46(28-38)71-48-27-36-15-20-55-50(36)57-52(48)69-25-24-68-4)51(62)58-72(66,67)40-29-45(61(64)65)49-47(30-40)70-33-37(56-49)26-35-13-16-53(3,63)17-14-35/h5-6,8-9,11-12,15,20,27-30,34-35,37,39,44,56,63H,7,10,13-14,16-19,21-26,31-33H2,1-4H3,(H,55,57)(H,58,62)/t35?,37-,44-,53?/m0/s1. The molecule has 1 spiro atoms. The van der Waals surface area contributed by atoms with Crippen molar-refractivity contribution >= 4 is 44.0 Å². The summed E-state index contributed by atoms with van der Waals surface area (Å²) in [5, 5.41) is 26.9. The highest BCUT2D eigenvalue weighted by atomic mass is 32.2. The molecule has 5 aliphatic rings. The number of anilines is 2. The van der Waals surface area contributed by atoms with Gasteiger partial charge in [0.05, 0.1) is 33.6 Å². The molecule has 5 aromatic rings. The quantitative estimate of drug-likeness (QED) is 0.0412. The van der Waals surface area contributed by atoms with E-state index < -0.39 is 37.0 Å². The Morgan fingerprint density at radius 2 is 1.78 bits per heavy atom. The number of aromatic amines is 1. The Labute approximate surface area is 421 Å². The highest BCUT2D eigenvalue weighted by Crippen LogP contribution is 2.54. The SMILES string of the molecule is COCCOc1nc2[nH]ccc2cc1Oc1cc(N2CCC3(CC2)CC(N2CCC[C@H]2c2ccccc2C(C)C)C3)ccc1C(=O)NS(=O)(=O)c1cc2c(c([N+](=O)[O-])c1)N[C@@H](CC1CCC(C)(O)CC1)CO2. The van der Waals surface area contributed by atoms with Crippen LogP contribution in [0.3, 0.4) is 0 Å². The van der Waals surface area contributed by atoms with Crippen molar-refractivity contribution in [2.75, 3.05) is 56.8 Å². The third kappa shape index (κ3) is 10.3. The Morgan fingerprint density at radius 3 is 2.53 bits per heavy atom. The zero-order chi connectivity index (χ0) is 50.4. The molecule has 0 bridgehead atoms. The number of methoxy groups -OCH3 is 1. The molecule has 2 aliphatic carbocycles. The molecule has 1 amide bonds. The lowest BCUT2D eigenvalue weighted by molar-refractivity contribution is -0.384. The number of rotatable bonds is 16. The Bertz CT molecular complexity index is 2920. The van der Waals surface area contributed by atoms with Crippen LogP contribution in [0.2, 0.25) is 0 Å². The van der Waals surface area contributed by atoms with Gasteiger partial charge in [0.25, 0.3) is 27.5 Å². The molecule has 2 saturated heterocycles. The van der Waals surface area contributed by atoms with Gasteiger partial charge in [-0.15, -0.1) is 0 Å². The predicted octanol–water partition coefficient (Wildman–Crippen LogP) is 9.62. The van der Waals surface area contributed by atoms with E-state index in [1.165, 1.54) is 42.9 Å². The van der Waals surface area contributed by atoms with Crippen LogP contribution in [0.15, 0.2) is 77.8 Å². The fraction of sp³-hybridized carbons (Fsp3) is 0.519. The Morgan fingerprint density at radius 1 is 1.00 bits per heavy atom.